The fourth-order valence-electron chi connectivity index (χ4n) is 1.71. The number of methoxy groups -OCH3 is 1. The molecule has 16 heavy (non-hydrogen) atoms. The molecule has 2 nitrogen and oxygen atoms in total. The van der Waals surface area contributed by atoms with Crippen LogP contribution in [0, 0.1) is 0 Å². The van der Waals surface area contributed by atoms with Gasteiger partial charge in [-0.3, -0.25) is 0 Å². The van der Waals surface area contributed by atoms with Crippen LogP contribution in [-0.4, -0.2) is 26.8 Å². The molecule has 1 N–H and O–H groups in total. The highest BCUT2D eigenvalue weighted by molar-refractivity contribution is 5.18. The van der Waals surface area contributed by atoms with Crippen LogP contribution in [0.2, 0.25) is 0 Å². The van der Waals surface area contributed by atoms with Gasteiger partial charge in [-0.15, -0.1) is 0 Å². The van der Waals surface area contributed by atoms with Gasteiger partial charge in [0.2, 0.25) is 0 Å². The molecule has 90 valence electrons. The fraction of sp³-hybridized carbons (Fsp3) is 0.571. The molecule has 0 aliphatic heterocycles. The third kappa shape index (κ3) is 5.29. The third-order valence-corrected chi connectivity index (χ3v) is 2.77. The summed E-state index contributed by atoms with van der Waals surface area (Å²) in [6, 6.07) is 10.7. The monoisotopic (exact) mass is 221 g/mol. The van der Waals surface area contributed by atoms with Gasteiger partial charge in [0.25, 0.3) is 0 Å². The normalized spacial score (nSPS) is 12.6. The molecule has 1 aromatic rings. The Balaban J connectivity index is 2.09. The fourth-order valence-corrected chi connectivity index (χ4v) is 1.71. The second-order valence-electron chi connectivity index (χ2n) is 4.22. The minimum Gasteiger partial charge on any atom is -0.385 e. The van der Waals surface area contributed by atoms with E-state index in [0.717, 1.165) is 26.1 Å². The van der Waals surface area contributed by atoms with Crippen molar-refractivity contribution in [3.63, 3.8) is 0 Å². The Hall–Kier alpha value is -0.860. The largest absolute Gasteiger partial charge is 0.385 e. The molecule has 1 rings (SSSR count). The average molecular weight is 221 g/mol. The van der Waals surface area contributed by atoms with Crippen LogP contribution in [0.15, 0.2) is 30.3 Å². The molecule has 0 radical (unpaired) electrons. The topological polar surface area (TPSA) is 21.3 Å². The van der Waals surface area contributed by atoms with E-state index in [4.69, 9.17) is 4.74 Å². The number of nitrogens with one attached hydrogen (secondary N) is 1. The molecule has 0 heterocycles. The zero-order valence-electron chi connectivity index (χ0n) is 10.4. The van der Waals surface area contributed by atoms with E-state index in [-0.39, 0.29) is 0 Å². The molecule has 1 aromatic carbocycles. The van der Waals surface area contributed by atoms with Crippen LogP contribution in [0.3, 0.4) is 0 Å². The summed E-state index contributed by atoms with van der Waals surface area (Å²) in [7, 11) is 1.75. The average Bonchev–Trinajstić information content (AvgIpc) is 2.34. The van der Waals surface area contributed by atoms with Crippen LogP contribution in [0.25, 0.3) is 0 Å². The first-order valence-corrected chi connectivity index (χ1v) is 6.09. The van der Waals surface area contributed by atoms with Crippen molar-refractivity contribution in [2.45, 2.75) is 25.7 Å². The first kappa shape index (κ1) is 13.2. The summed E-state index contributed by atoms with van der Waals surface area (Å²) in [5, 5.41) is 3.49. The van der Waals surface area contributed by atoms with Gasteiger partial charge in [0.15, 0.2) is 0 Å². The highest BCUT2D eigenvalue weighted by Crippen LogP contribution is 2.12. The molecule has 0 saturated carbocycles. The lowest BCUT2D eigenvalue weighted by molar-refractivity contribution is 0.192. The van der Waals surface area contributed by atoms with E-state index in [1.807, 2.05) is 0 Å². The summed E-state index contributed by atoms with van der Waals surface area (Å²) in [5.41, 5.74) is 1.41. The predicted octanol–water partition coefficient (Wildman–Crippen LogP) is 2.81. The van der Waals surface area contributed by atoms with Crippen LogP contribution in [0.5, 0.6) is 0 Å². The number of hydrogen-bond donors (Lipinski definition) is 1. The first-order valence-electron chi connectivity index (χ1n) is 6.09. The molecule has 0 spiro atoms. The Morgan fingerprint density at radius 1 is 1.19 bits per heavy atom. The van der Waals surface area contributed by atoms with Crippen molar-refractivity contribution in [3.8, 4) is 0 Å². The predicted molar refractivity (Wildman–Crippen MR) is 68.8 cm³/mol. The maximum atomic E-state index is 5.01. The Kier molecular flexibility index (Phi) is 6.86. The summed E-state index contributed by atoms with van der Waals surface area (Å²) in [5.74, 6) is 0.587. The van der Waals surface area contributed by atoms with Crippen LogP contribution >= 0.6 is 0 Å². The van der Waals surface area contributed by atoms with Gasteiger partial charge in [-0.1, -0.05) is 37.3 Å². The molecular formula is C14H23NO. The minimum absolute atomic E-state index is 0.587. The molecule has 2 heteroatoms. The second kappa shape index (κ2) is 8.31. The van der Waals surface area contributed by atoms with Gasteiger partial charge in [-0.2, -0.15) is 0 Å². The molecule has 0 amide bonds. The maximum absolute atomic E-state index is 5.01. The number of benzene rings is 1. The van der Waals surface area contributed by atoms with Gasteiger partial charge < -0.3 is 10.1 Å². The van der Waals surface area contributed by atoms with E-state index in [1.165, 1.54) is 12.0 Å². The van der Waals surface area contributed by atoms with Crippen molar-refractivity contribution in [1.29, 1.82) is 0 Å². The number of hydrogen-bond acceptors (Lipinski definition) is 2. The summed E-state index contributed by atoms with van der Waals surface area (Å²) in [4.78, 5) is 0. The van der Waals surface area contributed by atoms with Crippen LogP contribution in [-0.2, 0) is 4.74 Å². The SMILES string of the molecule is COCCCCNCC(C)c1ccccc1. The summed E-state index contributed by atoms with van der Waals surface area (Å²) in [6.07, 6.45) is 2.33. The van der Waals surface area contributed by atoms with Gasteiger partial charge in [0.1, 0.15) is 0 Å². The van der Waals surface area contributed by atoms with E-state index < -0.39 is 0 Å². The molecule has 1 atom stereocenters. The highest BCUT2D eigenvalue weighted by atomic mass is 16.5. The zero-order chi connectivity index (χ0) is 11.6. The Morgan fingerprint density at radius 2 is 1.94 bits per heavy atom. The van der Waals surface area contributed by atoms with Crippen molar-refractivity contribution in [1.82, 2.24) is 5.32 Å². The van der Waals surface area contributed by atoms with Gasteiger partial charge in [-0.25, -0.2) is 0 Å². The van der Waals surface area contributed by atoms with Gasteiger partial charge in [0.05, 0.1) is 0 Å². The van der Waals surface area contributed by atoms with Crippen LogP contribution in [0.4, 0.5) is 0 Å². The van der Waals surface area contributed by atoms with Crippen molar-refractivity contribution < 1.29 is 4.74 Å². The molecule has 0 saturated heterocycles. The lowest BCUT2D eigenvalue weighted by Gasteiger charge is -2.12. The lowest BCUT2D eigenvalue weighted by atomic mass is 10.0. The van der Waals surface area contributed by atoms with Gasteiger partial charge in [-0.05, 0) is 30.9 Å². The molecule has 0 aliphatic rings. The van der Waals surface area contributed by atoms with Crippen molar-refractivity contribution in [2.24, 2.45) is 0 Å². The number of rotatable bonds is 8. The zero-order valence-corrected chi connectivity index (χ0v) is 10.4. The van der Waals surface area contributed by atoms with E-state index in [1.54, 1.807) is 7.11 Å². The number of unbranched alkanes of at least 4 members (excludes halogenated alkanes) is 1. The van der Waals surface area contributed by atoms with E-state index in [9.17, 15) is 0 Å². The lowest BCUT2D eigenvalue weighted by Crippen LogP contribution is -2.21. The van der Waals surface area contributed by atoms with E-state index >= 15 is 0 Å². The van der Waals surface area contributed by atoms with Gasteiger partial charge in [0, 0.05) is 20.3 Å². The standard InChI is InChI=1S/C14H23NO/c1-13(14-8-4-3-5-9-14)12-15-10-6-7-11-16-2/h3-5,8-9,13,15H,6-7,10-12H2,1-2H3. The first-order chi connectivity index (χ1) is 7.84. The second-order valence-corrected chi connectivity index (χ2v) is 4.22. The molecule has 0 bridgehead atoms. The number of ether oxygens (including phenoxy) is 1. The van der Waals surface area contributed by atoms with Crippen LogP contribution < -0.4 is 5.32 Å². The summed E-state index contributed by atoms with van der Waals surface area (Å²) >= 11 is 0. The highest BCUT2D eigenvalue weighted by Gasteiger charge is 2.03. The van der Waals surface area contributed by atoms with E-state index in [2.05, 4.69) is 42.6 Å². The minimum atomic E-state index is 0.587. The van der Waals surface area contributed by atoms with Crippen molar-refractivity contribution >= 4 is 0 Å². The van der Waals surface area contributed by atoms with Crippen LogP contribution in [0.1, 0.15) is 31.2 Å². The van der Waals surface area contributed by atoms with E-state index in [0.29, 0.717) is 5.92 Å². The molecular weight excluding hydrogens is 198 g/mol. The molecule has 0 aromatic heterocycles. The summed E-state index contributed by atoms with van der Waals surface area (Å²) in [6.45, 7) is 5.27. The molecule has 1 unspecified atom stereocenters. The quantitative estimate of drug-likeness (QED) is 0.682. The van der Waals surface area contributed by atoms with Crippen molar-refractivity contribution in [3.05, 3.63) is 35.9 Å². The maximum Gasteiger partial charge on any atom is 0.0462 e. The van der Waals surface area contributed by atoms with Crippen molar-refractivity contribution in [2.75, 3.05) is 26.8 Å². The Morgan fingerprint density at radius 3 is 2.62 bits per heavy atom. The van der Waals surface area contributed by atoms with Gasteiger partial charge >= 0.3 is 0 Å². The Labute approximate surface area is 99.0 Å². The smallest absolute Gasteiger partial charge is 0.0462 e. The molecule has 0 aliphatic carbocycles. The third-order valence-electron chi connectivity index (χ3n) is 2.77. The Bertz CT molecular complexity index is 261. The molecule has 0 fully saturated rings. The summed E-state index contributed by atoms with van der Waals surface area (Å²) < 4.78 is 5.01.